The molecule has 0 bridgehead atoms. The van der Waals surface area contributed by atoms with E-state index in [9.17, 15) is 0 Å². The molecule has 0 aliphatic rings. The Morgan fingerprint density at radius 1 is 1.31 bits per heavy atom. The van der Waals surface area contributed by atoms with E-state index in [4.69, 9.17) is 15.4 Å². The molecule has 0 aliphatic carbocycles. The van der Waals surface area contributed by atoms with E-state index in [2.05, 4.69) is 11.3 Å². The Labute approximate surface area is 91.7 Å². The van der Waals surface area contributed by atoms with E-state index in [-0.39, 0.29) is 5.56 Å². The topological polar surface area (TPSA) is 74.6 Å². The third kappa shape index (κ3) is 1.84. The van der Waals surface area contributed by atoms with E-state index in [0.29, 0.717) is 11.3 Å². The number of aromatic nitrogens is 2. The van der Waals surface area contributed by atoms with Crippen molar-refractivity contribution in [2.45, 2.75) is 0 Å². The number of hydrogen-bond acceptors (Lipinski definition) is 4. The Kier molecular flexibility index (Phi) is 2.53. The maximum absolute atomic E-state index is 8.89. The van der Waals surface area contributed by atoms with Gasteiger partial charge in [0, 0.05) is 0 Å². The lowest BCUT2D eigenvalue weighted by molar-refractivity contribution is 0.178. The van der Waals surface area contributed by atoms with Gasteiger partial charge in [0.2, 0.25) is 0 Å². The van der Waals surface area contributed by atoms with E-state index in [1.807, 2.05) is 12.1 Å². The minimum absolute atomic E-state index is 0.287. The van der Waals surface area contributed by atoms with Crippen molar-refractivity contribution in [2.75, 3.05) is 0 Å². The molecule has 2 aromatic rings. The van der Waals surface area contributed by atoms with Crippen LogP contribution in [0.15, 0.2) is 30.5 Å². The zero-order valence-electron chi connectivity index (χ0n) is 8.08. The van der Waals surface area contributed by atoms with Crippen LogP contribution in [0.3, 0.4) is 0 Å². The second-order valence-electron chi connectivity index (χ2n) is 2.87. The summed E-state index contributed by atoms with van der Waals surface area (Å²) in [6, 6.07) is 10.1. The Morgan fingerprint density at radius 3 is 2.81 bits per heavy atom. The molecule has 0 saturated heterocycles. The fourth-order valence-electron chi connectivity index (χ4n) is 1.14. The minimum Gasteiger partial charge on any atom is -0.357 e. The maximum atomic E-state index is 8.89. The van der Waals surface area contributed by atoms with Crippen molar-refractivity contribution in [1.82, 2.24) is 9.94 Å². The van der Waals surface area contributed by atoms with Crippen LogP contribution in [0.4, 0.5) is 0 Å². The molecular formula is C11H5N4O. The summed E-state index contributed by atoms with van der Waals surface area (Å²) in [5, 5.41) is 21.3. The van der Waals surface area contributed by atoms with Gasteiger partial charge in [0.25, 0.3) is 0 Å². The van der Waals surface area contributed by atoms with Crippen molar-refractivity contribution in [2.24, 2.45) is 0 Å². The summed E-state index contributed by atoms with van der Waals surface area (Å²) in [5.74, 6) is 0.346. The Bertz CT molecular complexity index is 575. The molecule has 0 aliphatic heterocycles. The van der Waals surface area contributed by atoms with Crippen molar-refractivity contribution >= 4 is 0 Å². The smallest absolute Gasteiger partial charge is 0.175 e. The second kappa shape index (κ2) is 4.16. The van der Waals surface area contributed by atoms with Crippen molar-refractivity contribution < 1.29 is 4.84 Å². The van der Waals surface area contributed by atoms with Gasteiger partial charge in [0.1, 0.15) is 12.3 Å². The molecule has 75 valence electrons. The average Bonchev–Trinajstić information content (AvgIpc) is 2.82. The molecule has 1 heterocycles. The molecule has 2 rings (SSSR count). The van der Waals surface area contributed by atoms with Crippen LogP contribution in [0.1, 0.15) is 11.1 Å². The first kappa shape index (κ1) is 9.75. The van der Waals surface area contributed by atoms with E-state index < -0.39 is 0 Å². The summed E-state index contributed by atoms with van der Waals surface area (Å²) in [4.78, 5) is 6.47. The van der Waals surface area contributed by atoms with Crippen LogP contribution in [0, 0.1) is 28.9 Å². The molecular weight excluding hydrogens is 204 g/mol. The first-order valence-electron chi connectivity index (χ1n) is 4.38. The Morgan fingerprint density at radius 2 is 2.19 bits per heavy atom. The van der Waals surface area contributed by atoms with Crippen LogP contribution < -0.4 is 4.84 Å². The van der Waals surface area contributed by atoms with Gasteiger partial charge in [-0.15, -0.1) is 5.10 Å². The van der Waals surface area contributed by atoms with Crippen LogP contribution in [-0.4, -0.2) is 9.94 Å². The highest BCUT2D eigenvalue weighted by atomic mass is 16.7. The van der Waals surface area contributed by atoms with Crippen LogP contribution in [0.25, 0.3) is 0 Å². The van der Waals surface area contributed by atoms with Crippen LogP contribution in [0.5, 0.6) is 5.75 Å². The first-order valence-corrected chi connectivity index (χ1v) is 4.38. The lowest BCUT2D eigenvalue weighted by atomic mass is 10.1. The van der Waals surface area contributed by atoms with E-state index in [1.165, 1.54) is 10.9 Å². The number of nitriles is 2. The van der Waals surface area contributed by atoms with Crippen LogP contribution >= 0.6 is 0 Å². The van der Waals surface area contributed by atoms with Crippen molar-refractivity contribution in [3.63, 3.8) is 0 Å². The molecule has 0 atom stereocenters. The minimum atomic E-state index is 0.287. The van der Waals surface area contributed by atoms with Gasteiger partial charge in [0.15, 0.2) is 5.75 Å². The van der Waals surface area contributed by atoms with Crippen molar-refractivity contribution in [1.29, 1.82) is 10.5 Å². The van der Waals surface area contributed by atoms with E-state index >= 15 is 0 Å². The third-order valence-corrected chi connectivity index (χ3v) is 1.85. The summed E-state index contributed by atoms with van der Waals surface area (Å²) in [6.07, 6.45) is 4.12. The fourth-order valence-corrected chi connectivity index (χ4v) is 1.14. The summed E-state index contributed by atoms with van der Waals surface area (Å²) in [5.41, 5.74) is 0.700. The SMILES string of the molecule is N#Cc1ccc(On2cc[c]n2)c(C#N)c1. The van der Waals surface area contributed by atoms with Gasteiger partial charge < -0.3 is 4.84 Å². The lowest BCUT2D eigenvalue weighted by Gasteiger charge is -2.05. The lowest BCUT2D eigenvalue weighted by Crippen LogP contribution is -2.06. The highest BCUT2D eigenvalue weighted by molar-refractivity contribution is 5.48. The molecule has 0 spiro atoms. The zero-order valence-corrected chi connectivity index (χ0v) is 8.08. The van der Waals surface area contributed by atoms with E-state index in [1.54, 1.807) is 24.4 Å². The average molecular weight is 209 g/mol. The van der Waals surface area contributed by atoms with Gasteiger partial charge in [0.05, 0.1) is 23.4 Å². The first-order chi connectivity index (χ1) is 7.83. The molecule has 1 aromatic heterocycles. The standard InChI is InChI=1S/C11H5N4O/c12-7-9-2-3-11(10(6-9)8-13)16-15-5-1-4-14-15/h1-3,5-6H. The van der Waals surface area contributed by atoms with Crippen molar-refractivity contribution in [3.05, 3.63) is 47.8 Å². The van der Waals surface area contributed by atoms with Crippen LogP contribution in [-0.2, 0) is 0 Å². The quantitative estimate of drug-likeness (QED) is 0.746. The third-order valence-electron chi connectivity index (χ3n) is 1.85. The zero-order chi connectivity index (χ0) is 11.4. The molecule has 0 unspecified atom stereocenters. The molecule has 1 aromatic carbocycles. The van der Waals surface area contributed by atoms with Gasteiger partial charge in [-0.3, -0.25) is 0 Å². The predicted octanol–water partition coefficient (Wildman–Crippen LogP) is 1.27. The van der Waals surface area contributed by atoms with Crippen LogP contribution in [0.2, 0.25) is 0 Å². The monoisotopic (exact) mass is 209 g/mol. The van der Waals surface area contributed by atoms with E-state index in [0.717, 1.165) is 0 Å². The Balaban J connectivity index is 2.36. The molecule has 1 radical (unpaired) electrons. The number of hydrogen-bond donors (Lipinski definition) is 0. The highest BCUT2D eigenvalue weighted by Crippen LogP contribution is 2.19. The van der Waals surface area contributed by atoms with Gasteiger partial charge >= 0.3 is 0 Å². The number of nitrogens with zero attached hydrogens (tertiary/aromatic N) is 4. The molecule has 0 N–H and O–H groups in total. The summed E-state index contributed by atoms with van der Waals surface area (Å²) < 4.78 is 0. The van der Waals surface area contributed by atoms with Gasteiger partial charge in [-0.05, 0) is 24.3 Å². The normalized spacial score (nSPS) is 9.12. The molecule has 16 heavy (non-hydrogen) atoms. The molecule has 0 fully saturated rings. The van der Waals surface area contributed by atoms with Gasteiger partial charge in [-0.1, -0.05) is 4.85 Å². The largest absolute Gasteiger partial charge is 0.357 e. The molecule has 0 saturated carbocycles. The number of benzene rings is 1. The second-order valence-corrected chi connectivity index (χ2v) is 2.87. The van der Waals surface area contributed by atoms with Gasteiger partial charge in [-0.25, -0.2) is 0 Å². The molecule has 5 heteroatoms. The summed E-state index contributed by atoms with van der Waals surface area (Å²) >= 11 is 0. The number of rotatable bonds is 2. The summed E-state index contributed by atoms with van der Waals surface area (Å²) in [6.45, 7) is 0. The molecule has 0 amide bonds. The predicted molar refractivity (Wildman–Crippen MR) is 53.0 cm³/mol. The fraction of sp³-hybridized carbons (Fsp3) is 0. The van der Waals surface area contributed by atoms with Crippen molar-refractivity contribution in [3.8, 4) is 17.9 Å². The maximum Gasteiger partial charge on any atom is 0.175 e. The highest BCUT2D eigenvalue weighted by Gasteiger charge is 2.06. The summed E-state index contributed by atoms with van der Waals surface area (Å²) in [7, 11) is 0. The molecule has 5 nitrogen and oxygen atoms in total. The Hall–Kier alpha value is -2.79. The van der Waals surface area contributed by atoms with Gasteiger partial charge in [-0.2, -0.15) is 10.5 Å².